The quantitative estimate of drug-likeness (QED) is 0.0262. The molecule has 1 atom stereocenters. The van der Waals surface area contributed by atoms with Gasteiger partial charge in [0.05, 0.1) is 0 Å². The third kappa shape index (κ3) is 49.9. The second-order valence-corrected chi connectivity index (χ2v) is 17.8. The largest absolute Gasteiger partial charge is 0.462 e. The average Bonchev–Trinajstić information content (AvgIpc) is 3.29. The molecule has 0 aliphatic carbocycles. The van der Waals surface area contributed by atoms with Gasteiger partial charge >= 0.3 is 17.9 Å². The van der Waals surface area contributed by atoms with Gasteiger partial charge in [0.15, 0.2) is 6.10 Å². The van der Waals surface area contributed by atoms with Gasteiger partial charge in [0.25, 0.3) is 0 Å². The Kier molecular flexibility index (Phi) is 49.9. The molecule has 0 aromatic carbocycles. The fourth-order valence-corrected chi connectivity index (χ4v) is 7.40. The minimum atomic E-state index is -0.788. The number of allylic oxidation sites excluding steroid dienone is 12. The highest BCUT2D eigenvalue weighted by Gasteiger charge is 2.19. The Labute approximate surface area is 395 Å². The molecule has 0 saturated heterocycles. The van der Waals surface area contributed by atoms with E-state index in [1.54, 1.807) is 0 Å². The number of carbonyl (C=O) groups is 3. The molecule has 64 heavy (non-hydrogen) atoms. The maximum Gasteiger partial charge on any atom is 0.306 e. The first kappa shape index (κ1) is 60.9. The molecule has 0 aliphatic rings. The summed E-state index contributed by atoms with van der Waals surface area (Å²) in [4.78, 5) is 38.0. The highest BCUT2D eigenvalue weighted by molar-refractivity contribution is 5.71. The summed E-state index contributed by atoms with van der Waals surface area (Å²) in [5.41, 5.74) is 0. The first-order chi connectivity index (χ1) is 31.5. The second-order valence-electron chi connectivity index (χ2n) is 17.8. The molecule has 0 spiro atoms. The van der Waals surface area contributed by atoms with Crippen LogP contribution in [0.15, 0.2) is 72.9 Å². The number of esters is 3. The maximum atomic E-state index is 12.8. The second kappa shape index (κ2) is 52.5. The van der Waals surface area contributed by atoms with Crippen molar-refractivity contribution in [3.05, 3.63) is 72.9 Å². The van der Waals surface area contributed by atoms with E-state index in [1.165, 1.54) is 103 Å². The van der Waals surface area contributed by atoms with Crippen LogP contribution in [0.3, 0.4) is 0 Å². The van der Waals surface area contributed by atoms with Gasteiger partial charge in [0.2, 0.25) is 0 Å². The van der Waals surface area contributed by atoms with Gasteiger partial charge in [-0.25, -0.2) is 0 Å². The molecule has 368 valence electrons. The lowest BCUT2D eigenvalue weighted by atomic mass is 10.0. The third-order valence-electron chi connectivity index (χ3n) is 11.4. The number of unbranched alkanes of at least 4 members (excludes halogenated alkanes) is 25. The molecule has 0 aromatic heterocycles. The molecule has 0 unspecified atom stereocenters. The summed E-state index contributed by atoms with van der Waals surface area (Å²) < 4.78 is 16.8. The van der Waals surface area contributed by atoms with E-state index in [9.17, 15) is 14.4 Å². The summed E-state index contributed by atoms with van der Waals surface area (Å²) in [6.45, 7) is 6.48. The predicted octanol–water partition coefficient (Wildman–Crippen LogP) is 17.8. The predicted molar refractivity (Wildman–Crippen MR) is 274 cm³/mol. The van der Waals surface area contributed by atoms with Crippen molar-refractivity contribution in [2.45, 2.75) is 264 Å². The van der Waals surface area contributed by atoms with Gasteiger partial charge in [-0.15, -0.1) is 0 Å². The number of hydrogen-bond acceptors (Lipinski definition) is 6. The van der Waals surface area contributed by atoms with Crippen molar-refractivity contribution in [2.24, 2.45) is 0 Å². The molecule has 0 amide bonds. The smallest absolute Gasteiger partial charge is 0.306 e. The zero-order valence-electron chi connectivity index (χ0n) is 42.0. The van der Waals surface area contributed by atoms with Gasteiger partial charge in [-0.05, 0) is 89.9 Å². The van der Waals surface area contributed by atoms with Crippen LogP contribution in [0.2, 0.25) is 0 Å². The van der Waals surface area contributed by atoms with Gasteiger partial charge in [0, 0.05) is 19.3 Å². The lowest BCUT2D eigenvalue weighted by Gasteiger charge is -2.18. The van der Waals surface area contributed by atoms with Gasteiger partial charge in [-0.2, -0.15) is 0 Å². The molecule has 0 aliphatic heterocycles. The van der Waals surface area contributed by atoms with Crippen LogP contribution in [-0.2, 0) is 28.6 Å². The normalized spacial score (nSPS) is 12.6. The van der Waals surface area contributed by atoms with E-state index < -0.39 is 6.10 Å². The maximum absolute atomic E-state index is 12.8. The highest BCUT2D eigenvalue weighted by Crippen LogP contribution is 2.15. The number of hydrogen-bond donors (Lipinski definition) is 0. The molecule has 0 aromatic rings. The number of rotatable bonds is 48. The molecule has 0 rings (SSSR count). The van der Waals surface area contributed by atoms with E-state index in [0.717, 1.165) is 116 Å². The first-order valence-electron chi connectivity index (χ1n) is 26.9. The topological polar surface area (TPSA) is 78.9 Å². The summed E-state index contributed by atoms with van der Waals surface area (Å²) in [6, 6.07) is 0. The van der Waals surface area contributed by atoms with Crippen LogP contribution in [0.5, 0.6) is 0 Å². The summed E-state index contributed by atoms with van der Waals surface area (Å²) in [5.74, 6) is -0.911. The van der Waals surface area contributed by atoms with E-state index in [1.807, 2.05) is 0 Å². The molecular weight excluding hydrogens is 793 g/mol. The number of carbonyl (C=O) groups excluding carboxylic acids is 3. The van der Waals surface area contributed by atoms with E-state index >= 15 is 0 Å². The van der Waals surface area contributed by atoms with Crippen molar-refractivity contribution in [1.29, 1.82) is 0 Å². The average molecular weight is 893 g/mol. The van der Waals surface area contributed by atoms with Crippen molar-refractivity contribution in [1.82, 2.24) is 0 Å². The van der Waals surface area contributed by atoms with Crippen molar-refractivity contribution in [2.75, 3.05) is 13.2 Å². The molecule has 6 heteroatoms. The van der Waals surface area contributed by atoms with Crippen LogP contribution in [-0.4, -0.2) is 37.2 Å². The Bertz CT molecular complexity index is 1210. The van der Waals surface area contributed by atoms with Crippen LogP contribution in [0.4, 0.5) is 0 Å². The van der Waals surface area contributed by atoms with Crippen LogP contribution < -0.4 is 0 Å². The zero-order valence-corrected chi connectivity index (χ0v) is 42.0. The lowest BCUT2D eigenvalue weighted by molar-refractivity contribution is -0.167. The van der Waals surface area contributed by atoms with Gasteiger partial charge in [0.1, 0.15) is 13.2 Å². The molecule has 0 radical (unpaired) electrons. The lowest BCUT2D eigenvalue weighted by Crippen LogP contribution is -2.30. The van der Waals surface area contributed by atoms with Crippen LogP contribution in [0, 0.1) is 0 Å². The van der Waals surface area contributed by atoms with Crippen molar-refractivity contribution in [3.8, 4) is 0 Å². The highest BCUT2D eigenvalue weighted by atomic mass is 16.6. The van der Waals surface area contributed by atoms with E-state index in [-0.39, 0.29) is 31.1 Å². The zero-order chi connectivity index (χ0) is 46.5. The number of ether oxygens (including phenoxy) is 3. The van der Waals surface area contributed by atoms with Crippen LogP contribution >= 0.6 is 0 Å². The standard InChI is InChI=1S/C58H100O6/c1-4-7-10-13-16-19-22-25-27-28-29-30-32-33-36-39-42-45-48-51-57(60)63-54-55(53-62-56(59)50-47-44-41-38-35-24-21-18-15-12-9-6-3)64-58(61)52-49-46-43-40-37-34-31-26-23-20-17-14-11-8-5-2/h8,11,16-17,19-20,25-27,29-31,55H,4-7,9-10,12-15,18,21-24,28,32-54H2,1-3H3/b11-8-,19-16-,20-17-,27-25-,30-29-,31-26-/t55-/m1/s1. The van der Waals surface area contributed by atoms with E-state index in [2.05, 4.69) is 93.7 Å². The molecule has 0 heterocycles. The Morgan fingerprint density at radius 1 is 0.328 bits per heavy atom. The van der Waals surface area contributed by atoms with Crippen LogP contribution in [0.25, 0.3) is 0 Å². The van der Waals surface area contributed by atoms with Crippen LogP contribution in [0.1, 0.15) is 258 Å². The van der Waals surface area contributed by atoms with Crippen molar-refractivity contribution >= 4 is 17.9 Å². The van der Waals surface area contributed by atoms with Gasteiger partial charge in [-0.1, -0.05) is 222 Å². The molecule has 0 saturated carbocycles. The molecule has 0 bridgehead atoms. The van der Waals surface area contributed by atoms with Crippen molar-refractivity contribution < 1.29 is 28.6 Å². The van der Waals surface area contributed by atoms with E-state index in [4.69, 9.17) is 14.2 Å². The molecular formula is C58H100O6. The summed E-state index contributed by atoms with van der Waals surface area (Å²) in [7, 11) is 0. The minimum Gasteiger partial charge on any atom is -0.462 e. The Hall–Kier alpha value is -3.15. The van der Waals surface area contributed by atoms with E-state index in [0.29, 0.717) is 19.3 Å². The monoisotopic (exact) mass is 893 g/mol. The fourth-order valence-electron chi connectivity index (χ4n) is 7.40. The first-order valence-corrected chi connectivity index (χ1v) is 26.9. The molecule has 0 N–H and O–H groups in total. The Morgan fingerprint density at radius 3 is 0.984 bits per heavy atom. The van der Waals surface area contributed by atoms with Gasteiger partial charge in [-0.3, -0.25) is 14.4 Å². The fraction of sp³-hybridized carbons (Fsp3) is 0.741. The Morgan fingerprint density at radius 2 is 0.609 bits per heavy atom. The summed E-state index contributed by atoms with van der Waals surface area (Å²) in [6.07, 6.45) is 65.9. The molecule has 0 fully saturated rings. The minimum absolute atomic E-state index is 0.0853. The third-order valence-corrected chi connectivity index (χ3v) is 11.4. The summed E-state index contributed by atoms with van der Waals surface area (Å²) >= 11 is 0. The summed E-state index contributed by atoms with van der Waals surface area (Å²) in [5, 5.41) is 0. The van der Waals surface area contributed by atoms with Gasteiger partial charge < -0.3 is 14.2 Å². The SMILES string of the molecule is CC/C=C\C/C=C\C/C=C\CCCCCCCC(=O)O[C@@H](COC(=O)CCCCCCCC/C=C\C/C=C\C/C=C\CCCCC)COC(=O)CCCCCCCCCCCCCC. The Balaban J connectivity index is 4.40. The molecule has 6 nitrogen and oxygen atoms in total. The van der Waals surface area contributed by atoms with Crippen molar-refractivity contribution in [3.63, 3.8) is 0 Å².